The fourth-order valence-electron chi connectivity index (χ4n) is 1.81. The summed E-state index contributed by atoms with van der Waals surface area (Å²) in [6.07, 6.45) is 2.45. The number of rotatable bonds is 2. The van der Waals surface area contributed by atoms with Gasteiger partial charge in [-0.05, 0) is 24.3 Å². The third-order valence-electron chi connectivity index (χ3n) is 2.58. The Morgan fingerprint density at radius 2 is 1.88 bits per heavy atom. The molecule has 0 unspecified atom stereocenters. The van der Waals surface area contributed by atoms with Crippen LogP contribution in [-0.2, 0) is 0 Å². The van der Waals surface area contributed by atoms with E-state index in [1.165, 1.54) is 0 Å². The lowest BCUT2D eigenvalue weighted by Gasteiger charge is -2.01. The molecule has 0 amide bonds. The summed E-state index contributed by atoms with van der Waals surface area (Å²) in [5.74, 6) is 0. The molecule has 0 aliphatic carbocycles. The first-order valence-electron chi connectivity index (χ1n) is 5.24. The predicted octanol–water partition coefficient (Wildman–Crippen LogP) is 2.23. The molecule has 17 heavy (non-hydrogen) atoms. The van der Waals surface area contributed by atoms with Gasteiger partial charge in [0.25, 0.3) is 0 Å². The van der Waals surface area contributed by atoms with Crippen molar-refractivity contribution in [2.24, 2.45) is 0 Å². The minimum atomic E-state index is 0.479. The molecular weight excluding hydrogens is 214 g/mol. The number of para-hydroxylation sites is 1. The Kier molecular flexibility index (Phi) is 2.19. The molecule has 0 radical (unpaired) electrons. The van der Waals surface area contributed by atoms with Crippen LogP contribution in [0.4, 0.5) is 0 Å². The van der Waals surface area contributed by atoms with Crippen molar-refractivity contribution in [1.82, 2.24) is 14.8 Å². The highest BCUT2D eigenvalue weighted by Gasteiger charge is 2.11. The summed E-state index contributed by atoms with van der Waals surface area (Å²) in [7, 11) is 0. The van der Waals surface area contributed by atoms with Crippen LogP contribution in [0.2, 0.25) is 0 Å². The topological polar surface area (TPSA) is 47.8 Å². The first kappa shape index (κ1) is 9.72. The Bertz CT molecular complexity index is 673. The van der Waals surface area contributed by atoms with Crippen LogP contribution in [-0.4, -0.2) is 21.1 Å². The van der Waals surface area contributed by atoms with E-state index in [4.69, 9.17) is 0 Å². The third kappa shape index (κ3) is 1.50. The van der Waals surface area contributed by atoms with Crippen molar-refractivity contribution in [2.75, 3.05) is 0 Å². The number of benzene rings is 1. The highest BCUT2D eigenvalue weighted by Crippen LogP contribution is 2.17. The highest BCUT2D eigenvalue weighted by atomic mass is 16.1. The van der Waals surface area contributed by atoms with Crippen molar-refractivity contribution in [3.63, 3.8) is 0 Å². The van der Waals surface area contributed by atoms with Gasteiger partial charge in [0.2, 0.25) is 0 Å². The second-order valence-electron chi connectivity index (χ2n) is 3.62. The molecule has 3 rings (SSSR count). The number of hydrogen-bond acceptors (Lipinski definition) is 3. The van der Waals surface area contributed by atoms with Crippen LogP contribution in [0.1, 0.15) is 10.5 Å². The number of aromatic nitrogens is 3. The highest BCUT2D eigenvalue weighted by molar-refractivity contribution is 5.93. The molecule has 82 valence electrons. The number of carbonyl (C=O) groups is 1. The SMILES string of the molecule is O=Cc1c2ncccc2nn1-c1ccccc1. The molecule has 0 saturated carbocycles. The first-order valence-corrected chi connectivity index (χ1v) is 5.24. The predicted molar refractivity (Wildman–Crippen MR) is 64.3 cm³/mol. The summed E-state index contributed by atoms with van der Waals surface area (Å²) >= 11 is 0. The van der Waals surface area contributed by atoms with Gasteiger partial charge in [-0.15, -0.1) is 0 Å². The van der Waals surface area contributed by atoms with Crippen molar-refractivity contribution in [3.8, 4) is 5.69 Å². The van der Waals surface area contributed by atoms with Crippen LogP contribution in [0.15, 0.2) is 48.7 Å². The van der Waals surface area contributed by atoms with Gasteiger partial charge in [0, 0.05) is 6.20 Å². The lowest BCUT2D eigenvalue weighted by molar-refractivity contribution is 0.111. The molecule has 0 saturated heterocycles. The van der Waals surface area contributed by atoms with Crippen molar-refractivity contribution in [3.05, 3.63) is 54.4 Å². The minimum Gasteiger partial charge on any atom is -0.296 e. The summed E-state index contributed by atoms with van der Waals surface area (Å²) in [5, 5.41) is 4.38. The monoisotopic (exact) mass is 223 g/mol. The van der Waals surface area contributed by atoms with Crippen LogP contribution in [0, 0.1) is 0 Å². The zero-order chi connectivity index (χ0) is 11.7. The van der Waals surface area contributed by atoms with E-state index in [9.17, 15) is 4.79 Å². The first-order chi connectivity index (χ1) is 8.40. The van der Waals surface area contributed by atoms with Gasteiger partial charge in [0.15, 0.2) is 6.29 Å². The number of aldehydes is 1. The molecule has 2 aromatic heterocycles. The number of hydrogen-bond donors (Lipinski definition) is 0. The zero-order valence-corrected chi connectivity index (χ0v) is 8.95. The number of pyridine rings is 1. The van der Waals surface area contributed by atoms with Gasteiger partial charge in [-0.25, -0.2) is 4.68 Å². The molecule has 3 aromatic rings. The van der Waals surface area contributed by atoms with Crippen LogP contribution in [0.5, 0.6) is 0 Å². The maximum absolute atomic E-state index is 11.2. The Morgan fingerprint density at radius 1 is 1.06 bits per heavy atom. The normalized spacial score (nSPS) is 10.6. The molecule has 0 spiro atoms. The molecule has 0 N–H and O–H groups in total. The molecule has 0 bridgehead atoms. The second kappa shape index (κ2) is 3.83. The molecule has 4 nitrogen and oxygen atoms in total. The van der Waals surface area contributed by atoms with E-state index >= 15 is 0 Å². The van der Waals surface area contributed by atoms with E-state index in [1.54, 1.807) is 16.9 Å². The molecule has 0 aliphatic heterocycles. The van der Waals surface area contributed by atoms with Crippen molar-refractivity contribution in [1.29, 1.82) is 0 Å². The molecule has 1 aromatic carbocycles. The standard InChI is InChI=1S/C13H9N3O/c17-9-12-13-11(7-4-8-14-13)15-16(12)10-5-2-1-3-6-10/h1-9H. The molecule has 0 atom stereocenters. The van der Waals surface area contributed by atoms with E-state index in [1.807, 2.05) is 36.4 Å². The fraction of sp³-hybridized carbons (Fsp3) is 0. The van der Waals surface area contributed by atoms with Gasteiger partial charge in [-0.2, -0.15) is 5.10 Å². The van der Waals surface area contributed by atoms with Crippen LogP contribution in [0.3, 0.4) is 0 Å². The Hall–Kier alpha value is -2.49. The molecule has 0 aliphatic rings. The van der Waals surface area contributed by atoms with Crippen LogP contribution in [0.25, 0.3) is 16.7 Å². The summed E-state index contributed by atoms with van der Waals surface area (Å²) in [6.45, 7) is 0. The Balaban J connectivity index is 2.33. The van der Waals surface area contributed by atoms with Gasteiger partial charge in [0.05, 0.1) is 5.69 Å². The van der Waals surface area contributed by atoms with E-state index < -0.39 is 0 Å². The maximum atomic E-state index is 11.2. The molecule has 4 heteroatoms. The lowest BCUT2D eigenvalue weighted by atomic mass is 10.3. The van der Waals surface area contributed by atoms with Crippen LogP contribution >= 0.6 is 0 Å². The van der Waals surface area contributed by atoms with E-state index in [2.05, 4.69) is 10.1 Å². The summed E-state index contributed by atoms with van der Waals surface area (Å²) in [5.41, 5.74) is 2.68. The largest absolute Gasteiger partial charge is 0.296 e. The lowest BCUT2D eigenvalue weighted by Crippen LogP contribution is -2.00. The number of carbonyl (C=O) groups excluding carboxylic acids is 1. The third-order valence-corrected chi connectivity index (χ3v) is 2.58. The van der Waals surface area contributed by atoms with Gasteiger partial charge >= 0.3 is 0 Å². The average molecular weight is 223 g/mol. The molecule has 2 heterocycles. The minimum absolute atomic E-state index is 0.479. The summed E-state index contributed by atoms with van der Waals surface area (Å²) in [4.78, 5) is 15.4. The summed E-state index contributed by atoms with van der Waals surface area (Å²) < 4.78 is 1.62. The second-order valence-corrected chi connectivity index (χ2v) is 3.62. The van der Waals surface area contributed by atoms with E-state index in [-0.39, 0.29) is 0 Å². The molecular formula is C13H9N3O. The molecule has 0 fully saturated rings. The van der Waals surface area contributed by atoms with E-state index in [0.717, 1.165) is 17.5 Å². The van der Waals surface area contributed by atoms with Crippen LogP contribution < -0.4 is 0 Å². The van der Waals surface area contributed by atoms with Gasteiger partial charge in [-0.3, -0.25) is 9.78 Å². The van der Waals surface area contributed by atoms with Crippen molar-refractivity contribution >= 4 is 17.3 Å². The van der Waals surface area contributed by atoms with Gasteiger partial charge in [0.1, 0.15) is 16.7 Å². The fourth-order valence-corrected chi connectivity index (χ4v) is 1.81. The summed E-state index contributed by atoms with van der Waals surface area (Å²) in [6, 6.07) is 13.2. The smallest absolute Gasteiger partial charge is 0.170 e. The number of fused-ring (bicyclic) bond motifs is 1. The van der Waals surface area contributed by atoms with Gasteiger partial charge < -0.3 is 0 Å². The Labute approximate surface area is 97.5 Å². The quantitative estimate of drug-likeness (QED) is 0.626. The average Bonchev–Trinajstić information content (AvgIpc) is 2.78. The van der Waals surface area contributed by atoms with Gasteiger partial charge in [-0.1, -0.05) is 18.2 Å². The number of nitrogens with zero attached hydrogens (tertiary/aromatic N) is 3. The van der Waals surface area contributed by atoms with Crippen molar-refractivity contribution in [2.45, 2.75) is 0 Å². The maximum Gasteiger partial charge on any atom is 0.170 e. The zero-order valence-electron chi connectivity index (χ0n) is 8.95. The van der Waals surface area contributed by atoms with E-state index in [0.29, 0.717) is 11.2 Å². The Morgan fingerprint density at radius 3 is 2.65 bits per heavy atom. The van der Waals surface area contributed by atoms with Crippen molar-refractivity contribution < 1.29 is 4.79 Å².